The molecular formula is C23H31F2N3O4. The van der Waals surface area contributed by atoms with Crippen LogP contribution in [0.15, 0.2) is 24.3 Å². The standard InChI is InChI=1S/C23H31F2N3O4/c1-16-10-18(29)13-26(12-16)14-19(30)15-28-9-8-27(7-6-23(28)32)22(31)5-3-17-2-4-20(24)21(25)11-17/h2-5,11,16,18-19,29-30H,6-10,12-15H2,1H3/b5-3+/t16-,18+,19?/m0/s1. The van der Waals surface area contributed by atoms with Crippen LogP contribution in [0.4, 0.5) is 8.78 Å². The molecule has 3 atom stereocenters. The molecule has 1 unspecified atom stereocenters. The molecule has 2 fully saturated rings. The molecule has 2 aliphatic rings. The van der Waals surface area contributed by atoms with Gasteiger partial charge in [0.15, 0.2) is 11.6 Å². The molecule has 2 amide bonds. The Kier molecular flexibility index (Phi) is 8.33. The second kappa shape index (κ2) is 11.0. The lowest BCUT2D eigenvalue weighted by molar-refractivity contribution is -0.132. The number of carbonyl (C=O) groups excluding carboxylic acids is 2. The largest absolute Gasteiger partial charge is 0.392 e. The lowest BCUT2D eigenvalue weighted by Crippen LogP contribution is -2.48. The number of benzene rings is 1. The summed E-state index contributed by atoms with van der Waals surface area (Å²) in [7, 11) is 0. The molecule has 3 rings (SSSR count). The van der Waals surface area contributed by atoms with Gasteiger partial charge in [-0.25, -0.2) is 8.78 Å². The highest BCUT2D eigenvalue weighted by atomic mass is 19.2. The first-order chi connectivity index (χ1) is 15.2. The van der Waals surface area contributed by atoms with Crippen LogP contribution in [0.1, 0.15) is 25.3 Å². The monoisotopic (exact) mass is 451 g/mol. The summed E-state index contributed by atoms with van der Waals surface area (Å²) in [5.74, 6) is -2.03. The molecule has 176 valence electrons. The van der Waals surface area contributed by atoms with E-state index < -0.39 is 23.8 Å². The number of halogens is 2. The van der Waals surface area contributed by atoms with E-state index in [0.29, 0.717) is 37.7 Å². The number of nitrogens with zero attached hydrogens (tertiary/aromatic N) is 3. The van der Waals surface area contributed by atoms with E-state index in [1.54, 1.807) is 4.90 Å². The Bertz CT molecular complexity index is 841. The number of rotatable bonds is 6. The highest BCUT2D eigenvalue weighted by Crippen LogP contribution is 2.17. The van der Waals surface area contributed by atoms with Crippen LogP contribution >= 0.6 is 0 Å². The van der Waals surface area contributed by atoms with Gasteiger partial charge >= 0.3 is 0 Å². The Morgan fingerprint density at radius 2 is 1.97 bits per heavy atom. The lowest BCUT2D eigenvalue weighted by atomic mass is 9.98. The van der Waals surface area contributed by atoms with Gasteiger partial charge in [-0.15, -0.1) is 0 Å². The fraction of sp³-hybridized carbons (Fsp3) is 0.565. The highest BCUT2D eigenvalue weighted by molar-refractivity contribution is 5.92. The maximum Gasteiger partial charge on any atom is 0.246 e. The van der Waals surface area contributed by atoms with Gasteiger partial charge in [0.1, 0.15) is 0 Å². The van der Waals surface area contributed by atoms with Gasteiger partial charge in [0.05, 0.1) is 12.2 Å². The number of carbonyl (C=O) groups is 2. The molecule has 0 radical (unpaired) electrons. The number of aliphatic hydroxyl groups excluding tert-OH is 2. The lowest BCUT2D eigenvalue weighted by Gasteiger charge is -2.36. The van der Waals surface area contributed by atoms with Crippen molar-refractivity contribution >= 4 is 17.9 Å². The van der Waals surface area contributed by atoms with E-state index in [1.807, 2.05) is 4.90 Å². The quantitative estimate of drug-likeness (QED) is 0.633. The summed E-state index contributed by atoms with van der Waals surface area (Å²) in [5.41, 5.74) is 0.366. The Morgan fingerprint density at radius 3 is 2.69 bits per heavy atom. The Hall–Kier alpha value is -2.36. The maximum atomic E-state index is 13.3. The van der Waals surface area contributed by atoms with Crippen LogP contribution in [0.3, 0.4) is 0 Å². The smallest absolute Gasteiger partial charge is 0.246 e. The third-order valence-corrected chi connectivity index (χ3v) is 5.88. The molecule has 0 aliphatic carbocycles. The van der Waals surface area contributed by atoms with E-state index in [9.17, 15) is 28.6 Å². The number of amides is 2. The summed E-state index contributed by atoms with van der Waals surface area (Å²) in [4.78, 5) is 30.1. The Labute approximate surface area is 186 Å². The third-order valence-electron chi connectivity index (χ3n) is 5.88. The summed E-state index contributed by atoms with van der Waals surface area (Å²) < 4.78 is 26.3. The van der Waals surface area contributed by atoms with Gasteiger partial charge < -0.3 is 20.0 Å². The van der Waals surface area contributed by atoms with E-state index >= 15 is 0 Å². The van der Waals surface area contributed by atoms with Crippen molar-refractivity contribution in [1.82, 2.24) is 14.7 Å². The minimum absolute atomic E-state index is 0.129. The van der Waals surface area contributed by atoms with Crippen LogP contribution in [0, 0.1) is 17.6 Å². The van der Waals surface area contributed by atoms with Crippen molar-refractivity contribution in [2.75, 3.05) is 45.8 Å². The molecular weight excluding hydrogens is 420 g/mol. The number of piperidine rings is 1. The van der Waals surface area contributed by atoms with Gasteiger partial charge in [-0.2, -0.15) is 0 Å². The molecule has 0 spiro atoms. The molecule has 2 N–H and O–H groups in total. The number of hydrogen-bond acceptors (Lipinski definition) is 5. The molecule has 0 bridgehead atoms. The Morgan fingerprint density at radius 1 is 1.19 bits per heavy atom. The van der Waals surface area contributed by atoms with Crippen molar-refractivity contribution in [3.05, 3.63) is 41.5 Å². The number of β-amino-alcohol motifs (C(OH)–C–C–N with tert-alkyl or cyclic N) is 2. The third kappa shape index (κ3) is 6.82. The normalized spacial score (nSPS) is 24.1. The van der Waals surface area contributed by atoms with E-state index in [-0.39, 0.29) is 31.3 Å². The van der Waals surface area contributed by atoms with Gasteiger partial charge in [-0.1, -0.05) is 13.0 Å². The van der Waals surface area contributed by atoms with Gasteiger partial charge in [0.25, 0.3) is 0 Å². The van der Waals surface area contributed by atoms with Crippen molar-refractivity contribution < 1.29 is 28.6 Å². The molecule has 1 aromatic carbocycles. The van der Waals surface area contributed by atoms with Crippen LogP contribution in [0.25, 0.3) is 6.08 Å². The average molecular weight is 452 g/mol. The van der Waals surface area contributed by atoms with Crippen LogP contribution in [-0.2, 0) is 9.59 Å². The van der Waals surface area contributed by atoms with Gasteiger partial charge in [-0.3, -0.25) is 14.5 Å². The first-order valence-corrected chi connectivity index (χ1v) is 11.0. The molecule has 0 saturated carbocycles. The molecule has 2 heterocycles. The first-order valence-electron chi connectivity index (χ1n) is 11.0. The van der Waals surface area contributed by atoms with E-state index in [4.69, 9.17) is 0 Å². The topological polar surface area (TPSA) is 84.3 Å². The minimum Gasteiger partial charge on any atom is -0.392 e. The predicted octanol–water partition coefficient (Wildman–Crippen LogP) is 1.10. The number of likely N-dealkylation sites (tertiary alicyclic amines) is 1. The maximum absolute atomic E-state index is 13.3. The van der Waals surface area contributed by atoms with Gasteiger partial charge in [-0.05, 0) is 36.1 Å². The number of hydrogen-bond donors (Lipinski definition) is 2. The fourth-order valence-electron chi connectivity index (χ4n) is 4.36. The van der Waals surface area contributed by atoms with Crippen molar-refractivity contribution in [2.24, 2.45) is 5.92 Å². The second-order valence-corrected chi connectivity index (χ2v) is 8.79. The van der Waals surface area contributed by atoms with E-state index in [2.05, 4.69) is 6.92 Å². The van der Waals surface area contributed by atoms with Crippen molar-refractivity contribution in [1.29, 1.82) is 0 Å². The molecule has 9 heteroatoms. The van der Waals surface area contributed by atoms with Gasteiger partial charge in [0.2, 0.25) is 11.8 Å². The summed E-state index contributed by atoms with van der Waals surface area (Å²) in [6, 6.07) is 3.38. The minimum atomic E-state index is -0.984. The first kappa shape index (κ1) is 24.3. The molecule has 1 aromatic rings. The zero-order chi connectivity index (χ0) is 23.3. The predicted molar refractivity (Wildman–Crippen MR) is 115 cm³/mol. The van der Waals surface area contributed by atoms with Crippen LogP contribution < -0.4 is 0 Å². The zero-order valence-corrected chi connectivity index (χ0v) is 18.3. The molecule has 0 aromatic heterocycles. The van der Waals surface area contributed by atoms with Crippen LogP contribution in [-0.4, -0.2) is 94.7 Å². The summed E-state index contributed by atoms with van der Waals surface area (Å²) in [6.07, 6.45) is 2.46. The van der Waals surface area contributed by atoms with E-state index in [0.717, 1.165) is 25.1 Å². The van der Waals surface area contributed by atoms with Crippen LogP contribution in [0.5, 0.6) is 0 Å². The Balaban J connectivity index is 1.51. The zero-order valence-electron chi connectivity index (χ0n) is 18.3. The molecule has 7 nitrogen and oxygen atoms in total. The van der Waals surface area contributed by atoms with Crippen molar-refractivity contribution in [3.63, 3.8) is 0 Å². The van der Waals surface area contributed by atoms with Crippen molar-refractivity contribution in [2.45, 2.75) is 32.0 Å². The molecule has 32 heavy (non-hydrogen) atoms. The highest BCUT2D eigenvalue weighted by Gasteiger charge is 2.28. The molecule has 2 aliphatic heterocycles. The van der Waals surface area contributed by atoms with Gasteiger partial charge in [0, 0.05) is 58.3 Å². The molecule has 2 saturated heterocycles. The van der Waals surface area contributed by atoms with Crippen molar-refractivity contribution in [3.8, 4) is 0 Å². The fourth-order valence-corrected chi connectivity index (χ4v) is 4.36. The second-order valence-electron chi connectivity index (χ2n) is 8.79. The summed E-state index contributed by atoms with van der Waals surface area (Å²) in [6.45, 7) is 4.81. The summed E-state index contributed by atoms with van der Waals surface area (Å²) in [5, 5.41) is 20.4. The van der Waals surface area contributed by atoms with Crippen LogP contribution in [0.2, 0.25) is 0 Å². The summed E-state index contributed by atoms with van der Waals surface area (Å²) >= 11 is 0. The average Bonchev–Trinajstić information content (AvgIpc) is 2.89. The van der Waals surface area contributed by atoms with E-state index in [1.165, 1.54) is 23.1 Å². The SMILES string of the molecule is C[C@H]1C[C@@H](O)CN(CC(O)CN2CCN(C(=O)/C=C/c3ccc(F)c(F)c3)CCC2=O)C1. The number of aliphatic hydroxyl groups is 2.